The first kappa shape index (κ1) is 22.9. The molecule has 0 saturated carbocycles. The molecular weight excluding hydrogens is 396 g/mol. The maximum atomic E-state index is 12.6. The Morgan fingerprint density at radius 1 is 1.31 bits per heavy atom. The quantitative estimate of drug-likeness (QED) is 0.395. The molecule has 0 aliphatic heterocycles. The molecule has 0 fully saturated rings. The monoisotopic (exact) mass is 422 g/mol. The molecule has 8 nitrogen and oxygen atoms in total. The van der Waals surface area contributed by atoms with Gasteiger partial charge in [-0.05, 0) is 25.2 Å². The summed E-state index contributed by atoms with van der Waals surface area (Å²) in [5.74, 6) is -0.522. The Bertz CT molecular complexity index is 827. The topological polar surface area (TPSA) is 111 Å². The molecule has 1 aromatic heterocycles. The van der Waals surface area contributed by atoms with Crippen molar-refractivity contribution in [3.8, 4) is 5.75 Å². The summed E-state index contributed by atoms with van der Waals surface area (Å²) >= 11 is 1.49. The van der Waals surface area contributed by atoms with Crippen molar-refractivity contribution >= 4 is 17.7 Å². The summed E-state index contributed by atoms with van der Waals surface area (Å²) < 4.78 is 16.1. The Morgan fingerprint density at radius 2 is 2.07 bits per heavy atom. The van der Waals surface area contributed by atoms with E-state index >= 15 is 0 Å². The number of aromatic amines is 1. The summed E-state index contributed by atoms with van der Waals surface area (Å²) in [7, 11) is 0. The fourth-order valence-corrected chi connectivity index (χ4v) is 3.12. The van der Waals surface area contributed by atoms with Crippen LogP contribution in [0.25, 0.3) is 0 Å². The average Bonchev–Trinajstić information content (AvgIpc) is 2.73. The molecule has 1 heterocycles. The van der Waals surface area contributed by atoms with Gasteiger partial charge < -0.3 is 24.3 Å². The molecule has 2 N–H and O–H groups in total. The zero-order valence-electron chi connectivity index (χ0n) is 16.6. The summed E-state index contributed by atoms with van der Waals surface area (Å²) in [6, 6.07) is 9.31. The highest BCUT2D eigenvalue weighted by Crippen LogP contribution is 2.17. The predicted octanol–water partition coefficient (Wildman–Crippen LogP) is 2.16. The minimum atomic E-state index is -0.708. The van der Waals surface area contributed by atoms with E-state index in [2.05, 4.69) is 9.97 Å². The number of aryl methyl sites for hydroxylation is 1. The number of aliphatic hydroxyl groups is 1. The number of hydrogen-bond donors (Lipinski definition) is 2. The van der Waals surface area contributed by atoms with Crippen molar-refractivity contribution in [3.63, 3.8) is 0 Å². The first-order valence-corrected chi connectivity index (χ1v) is 10.6. The number of rotatable bonds is 12. The number of carbonyl (C=O) groups excluding carboxylic acids is 1. The van der Waals surface area contributed by atoms with E-state index in [9.17, 15) is 9.59 Å². The molecule has 2 rings (SSSR count). The maximum Gasteiger partial charge on any atom is 0.361 e. The van der Waals surface area contributed by atoms with E-state index in [1.807, 2.05) is 36.6 Å². The van der Waals surface area contributed by atoms with Gasteiger partial charge in [0.15, 0.2) is 5.69 Å². The highest BCUT2D eigenvalue weighted by Gasteiger charge is 2.22. The number of thioether (sulfide) groups is 1. The van der Waals surface area contributed by atoms with Crippen molar-refractivity contribution in [2.75, 3.05) is 26.1 Å². The number of esters is 1. The maximum absolute atomic E-state index is 12.6. The molecule has 2 aromatic rings. The number of benzene rings is 1. The number of aliphatic hydroxyl groups excluding tert-OH is 1. The van der Waals surface area contributed by atoms with Gasteiger partial charge >= 0.3 is 5.97 Å². The Kier molecular flexibility index (Phi) is 9.69. The van der Waals surface area contributed by atoms with E-state index in [-0.39, 0.29) is 43.3 Å². The van der Waals surface area contributed by atoms with E-state index in [0.29, 0.717) is 18.7 Å². The summed E-state index contributed by atoms with van der Waals surface area (Å²) in [4.78, 5) is 31.9. The van der Waals surface area contributed by atoms with Crippen LogP contribution in [0.15, 0.2) is 35.1 Å². The summed E-state index contributed by atoms with van der Waals surface area (Å²) in [6.07, 6.45) is 2.83. The van der Waals surface area contributed by atoms with Crippen LogP contribution in [-0.2, 0) is 22.5 Å². The van der Waals surface area contributed by atoms with Crippen molar-refractivity contribution in [2.24, 2.45) is 0 Å². The highest BCUT2D eigenvalue weighted by molar-refractivity contribution is 7.99. The van der Waals surface area contributed by atoms with Gasteiger partial charge in [-0.25, -0.2) is 9.78 Å². The van der Waals surface area contributed by atoms with Crippen molar-refractivity contribution < 1.29 is 24.1 Å². The van der Waals surface area contributed by atoms with Gasteiger partial charge in [0.1, 0.15) is 17.9 Å². The molecule has 1 aromatic carbocycles. The van der Waals surface area contributed by atoms with Gasteiger partial charge in [-0.15, -0.1) is 11.8 Å². The zero-order valence-corrected chi connectivity index (χ0v) is 17.4. The molecule has 1 unspecified atom stereocenters. The SMILES string of the molecule is CCOC(=O)c1nc(CCC(OCCO)SC)[nH]c(=O)c1OCc1ccccc1. The van der Waals surface area contributed by atoms with Crippen LogP contribution in [0.2, 0.25) is 0 Å². The molecule has 0 saturated heterocycles. The number of carbonyl (C=O) groups is 1. The van der Waals surface area contributed by atoms with Crippen LogP contribution in [0.1, 0.15) is 35.2 Å². The lowest BCUT2D eigenvalue weighted by Gasteiger charge is -2.15. The second-order valence-corrected chi connectivity index (χ2v) is 6.98. The average molecular weight is 423 g/mol. The molecule has 0 bridgehead atoms. The lowest BCUT2D eigenvalue weighted by atomic mass is 10.2. The Hall–Kier alpha value is -2.36. The largest absolute Gasteiger partial charge is 0.481 e. The number of hydrogen-bond acceptors (Lipinski definition) is 8. The van der Waals surface area contributed by atoms with E-state index < -0.39 is 11.5 Å². The van der Waals surface area contributed by atoms with Gasteiger partial charge in [-0.1, -0.05) is 30.3 Å². The molecule has 0 radical (unpaired) electrons. The van der Waals surface area contributed by atoms with E-state index in [0.717, 1.165) is 5.56 Å². The summed E-state index contributed by atoms with van der Waals surface area (Å²) in [5.41, 5.74) is 0.0200. The van der Waals surface area contributed by atoms with Crippen molar-refractivity contribution in [3.05, 3.63) is 57.8 Å². The molecule has 1 atom stereocenters. The third-order valence-corrected chi connectivity index (χ3v) is 4.79. The lowest BCUT2D eigenvalue weighted by Crippen LogP contribution is -2.23. The zero-order chi connectivity index (χ0) is 21.1. The number of nitrogens with one attached hydrogen (secondary N) is 1. The second kappa shape index (κ2) is 12.3. The molecule has 29 heavy (non-hydrogen) atoms. The fraction of sp³-hybridized carbons (Fsp3) is 0.450. The minimum Gasteiger partial charge on any atom is -0.481 e. The highest BCUT2D eigenvalue weighted by atomic mass is 32.2. The number of nitrogens with zero attached hydrogens (tertiary/aromatic N) is 1. The van der Waals surface area contributed by atoms with Crippen molar-refractivity contribution in [1.29, 1.82) is 0 Å². The van der Waals surface area contributed by atoms with E-state index in [4.69, 9.17) is 19.3 Å². The third kappa shape index (κ3) is 7.19. The first-order valence-electron chi connectivity index (χ1n) is 9.31. The normalized spacial score (nSPS) is 11.8. The number of H-pyrrole nitrogens is 1. The molecule has 9 heteroatoms. The van der Waals surface area contributed by atoms with Crippen LogP contribution in [0.5, 0.6) is 5.75 Å². The van der Waals surface area contributed by atoms with Crippen LogP contribution < -0.4 is 10.3 Å². The third-order valence-electron chi connectivity index (χ3n) is 3.90. The lowest BCUT2D eigenvalue weighted by molar-refractivity contribution is 0.0512. The second-order valence-electron chi connectivity index (χ2n) is 5.98. The summed E-state index contributed by atoms with van der Waals surface area (Å²) in [6.45, 7) is 2.13. The first-order chi connectivity index (χ1) is 14.1. The van der Waals surface area contributed by atoms with E-state index in [1.54, 1.807) is 6.92 Å². The van der Waals surface area contributed by atoms with Gasteiger partial charge in [-0.2, -0.15) is 0 Å². The number of aromatic nitrogens is 2. The Morgan fingerprint density at radius 3 is 2.72 bits per heavy atom. The molecular formula is C20H26N2O6S. The van der Waals surface area contributed by atoms with E-state index in [1.165, 1.54) is 11.8 Å². The van der Waals surface area contributed by atoms with Crippen molar-refractivity contribution in [1.82, 2.24) is 9.97 Å². The van der Waals surface area contributed by atoms with Crippen LogP contribution in [0.3, 0.4) is 0 Å². The van der Waals surface area contributed by atoms with Crippen LogP contribution in [-0.4, -0.2) is 52.6 Å². The smallest absolute Gasteiger partial charge is 0.361 e. The minimum absolute atomic E-state index is 0.0629. The van der Waals surface area contributed by atoms with Crippen molar-refractivity contribution in [2.45, 2.75) is 31.8 Å². The van der Waals surface area contributed by atoms with Gasteiger partial charge in [0.25, 0.3) is 5.56 Å². The predicted molar refractivity (Wildman–Crippen MR) is 110 cm³/mol. The van der Waals surface area contributed by atoms with Gasteiger partial charge in [0.05, 0.1) is 19.8 Å². The van der Waals surface area contributed by atoms with Gasteiger partial charge in [0, 0.05) is 6.42 Å². The van der Waals surface area contributed by atoms with Crippen LogP contribution >= 0.6 is 11.8 Å². The molecule has 0 aliphatic rings. The number of ether oxygens (including phenoxy) is 3. The van der Waals surface area contributed by atoms with Crippen LogP contribution in [0, 0.1) is 0 Å². The molecule has 0 aliphatic carbocycles. The summed E-state index contributed by atoms with van der Waals surface area (Å²) in [5, 5.41) is 8.88. The van der Waals surface area contributed by atoms with Gasteiger partial charge in [-0.3, -0.25) is 4.79 Å². The van der Waals surface area contributed by atoms with Gasteiger partial charge in [0.2, 0.25) is 5.75 Å². The standard InChI is InChI=1S/C20H26N2O6S/c1-3-26-20(25)17-18(28-13-14-7-5-4-6-8-14)19(24)22-15(21-17)9-10-16(29-2)27-12-11-23/h4-8,16,23H,3,9-13H2,1-2H3,(H,21,22,24). The Labute approximate surface area is 173 Å². The molecule has 158 valence electrons. The van der Waals surface area contributed by atoms with Crippen LogP contribution in [0.4, 0.5) is 0 Å². The molecule has 0 spiro atoms. The Balaban J connectivity index is 2.20. The molecule has 0 amide bonds. The fourth-order valence-electron chi connectivity index (χ4n) is 2.54.